The van der Waals surface area contributed by atoms with Gasteiger partial charge in [0.15, 0.2) is 0 Å². The van der Waals surface area contributed by atoms with Crippen LogP contribution < -0.4 is 0 Å². The molecule has 0 N–H and O–H groups in total. The summed E-state index contributed by atoms with van der Waals surface area (Å²) in [7, 11) is 0. The second kappa shape index (κ2) is 13.6. The number of fused-ring (bicyclic) bond motifs is 5. The van der Waals surface area contributed by atoms with E-state index in [-0.39, 0.29) is 10.8 Å². The normalized spacial score (nSPS) is 12.3. The van der Waals surface area contributed by atoms with Gasteiger partial charge in [0, 0.05) is 0 Å². The van der Waals surface area contributed by atoms with Gasteiger partial charge in [0.1, 0.15) is 0 Å². The zero-order valence-electron chi connectivity index (χ0n) is 34.3. The molecule has 0 heterocycles. The van der Waals surface area contributed by atoms with Crippen LogP contribution in [-0.2, 0) is 10.8 Å². The number of hydrogen-bond donors (Lipinski definition) is 0. The van der Waals surface area contributed by atoms with Gasteiger partial charge in [-0.2, -0.15) is 0 Å². The summed E-state index contributed by atoms with van der Waals surface area (Å²) in [6, 6.07) is 68.5. The molecule has 10 aromatic carbocycles. The maximum absolute atomic E-state index is 2.42. The molecule has 0 spiro atoms. The minimum Gasteiger partial charge on any atom is -0.0616 e. The Kier molecular flexibility index (Phi) is 8.39. The Balaban J connectivity index is 1.17. The van der Waals surface area contributed by atoms with Crippen LogP contribution >= 0.6 is 0 Å². The number of hydrogen-bond acceptors (Lipinski definition) is 0. The molecule has 0 aromatic heterocycles. The quantitative estimate of drug-likeness (QED) is 0.157. The van der Waals surface area contributed by atoms with Crippen molar-refractivity contribution in [3.8, 4) is 44.5 Å². The molecule has 0 amide bonds. The molecule has 10 aromatic rings. The fourth-order valence-corrected chi connectivity index (χ4v) is 9.33. The van der Waals surface area contributed by atoms with Gasteiger partial charge in [0.2, 0.25) is 0 Å². The first-order valence-corrected chi connectivity index (χ1v) is 20.7. The third-order valence-corrected chi connectivity index (χ3v) is 12.4. The predicted octanol–water partition coefficient (Wildman–Crippen LogP) is 16.7. The Morgan fingerprint density at radius 2 is 0.483 bits per heavy atom. The third kappa shape index (κ3) is 5.98. The summed E-state index contributed by atoms with van der Waals surface area (Å²) < 4.78 is 0. The second-order valence-electron chi connectivity index (χ2n) is 18.1. The van der Waals surface area contributed by atoms with Crippen molar-refractivity contribution in [2.75, 3.05) is 0 Å². The van der Waals surface area contributed by atoms with Gasteiger partial charge in [-0.1, -0.05) is 211 Å². The van der Waals surface area contributed by atoms with Crippen molar-refractivity contribution in [3.63, 3.8) is 0 Å². The number of rotatable bonds is 4. The van der Waals surface area contributed by atoms with Crippen LogP contribution in [0.1, 0.15) is 52.7 Å². The molecule has 0 saturated carbocycles. The summed E-state index contributed by atoms with van der Waals surface area (Å²) in [5.74, 6) is 0. The van der Waals surface area contributed by atoms with Crippen molar-refractivity contribution in [3.05, 3.63) is 193 Å². The Morgan fingerprint density at radius 1 is 0.241 bits per heavy atom. The highest BCUT2D eigenvalue weighted by Gasteiger charge is 2.21. The molecule has 280 valence electrons. The predicted molar refractivity (Wildman–Crippen MR) is 253 cm³/mol. The highest BCUT2D eigenvalue weighted by Crippen LogP contribution is 2.47. The fourth-order valence-electron chi connectivity index (χ4n) is 9.33. The van der Waals surface area contributed by atoms with Gasteiger partial charge in [0.25, 0.3) is 0 Å². The molecule has 0 bridgehead atoms. The van der Waals surface area contributed by atoms with Crippen molar-refractivity contribution >= 4 is 53.9 Å². The fraction of sp³-hybridized carbons (Fsp3) is 0.138. The van der Waals surface area contributed by atoms with E-state index < -0.39 is 0 Å². The van der Waals surface area contributed by atoms with Gasteiger partial charge in [-0.15, -0.1) is 0 Å². The third-order valence-electron chi connectivity index (χ3n) is 12.4. The topological polar surface area (TPSA) is 0 Å². The largest absolute Gasteiger partial charge is 0.0616 e. The van der Waals surface area contributed by atoms with Crippen molar-refractivity contribution < 1.29 is 0 Å². The molecule has 0 heteroatoms. The minimum atomic E-state index is 0.102. The molecule has 58 heavy (non-hydrogen) atoms. The van der Waals surface area contributed by atoms with Crippen LogP contribution in [0.25, 0.3) is 98.4 Å². The first kappa shape index (κ1) is 35.9. The highest BCUT2D eigenvalue weighted by atomic mass is 14.2. The monoisotopic (exact) mass is 744 g/mol. The SMILES string of the molecule is CC(C)(C)c1ccc(-c2c3ccccc3c(-c3ccc4ccc(-c5c6ccccc6c(-c6ccc(C(C)(C)C)cc6)c6ccccc56)cc4c3)c3ccccc23)cc1. The van der Waals surface area contributed by atoms with E-state index in [0.717, 1.165) is 0 Å². The molecule has 0 aliphatic heterocycles. The molecule has 0 radical (unpaired) electrons. The first-order chi connectivity index (χ1) is 28.0. The van der Waals surface area contributed by atoms with Gasteiger partial charge in [-0.05, 0) is 132 Å². The summed E-state index contributed by atoms with van der Waals surface area (Å²) in [6.07, 6.45) is 0. The summed E-state index contributed by atoms with van der Waals surface area (Å²) in [5.41, 5.74) is 13.0. The molecule has 0 atom stereocenters. The van der Waals surface area contributed by atoms with Crippen LogP contribution in [0.4, 0.5) is 0 Å². The number of benzene rings is 10. The second-order valence-corrected chi connectivity index (χ2v) is 18.1. The molecular formula is C58H48. The summed E-state index contributed by atoms with van der Waals surface area (Å²) in [5, 5.41) is 12.7. The van der Waals surface area contributed by atoms with Crippen molar-refractivity contribution in [1.82, 2.24) is 0 Å². The van der Waals surface area contributed by atoms with E-state index in [9.17, 15) is 0 Å². The Morgan fingerprint density at radius 3 is 0.741 bits per heavy atom. The molecule has 0 fully saturated rings. The van der Waals surface area contributed by atoms with Gasteiger partial charge in [-0.25, -0.2) is 0 Å². The van der Waals surface area contributed by atoms with Crippen LogP contribution in [0.5, 0.6) is 0 Å². The Hall–Kier alpha value is -6.50. The van der Waals surface area contributed by atoms with Gasteiger partial charge >= 0.3 is 0 Å². The van der Waals surface area contributed by atoms with Crippen LogP contribution in [0, 0.1) is 0 Å². The van der Waals surface area contributed by atoms with Gasteiger partial charge in [0.05, 0.1) is 0 Å². The molecule has 0 aliphatic rings. The smallest absolute Gasteiger partial charge is 0.00262 e. The van der Waals surface area contributed by atoms with Crippen molar-refractivity contribution in [1.29, 1.82) is 0 Å². The molecule has 0 unspecified atom stereocenters. The zero-order chi connectivity index (χ0) is 39.8. The summed E-state index contributed by atoms with van der Waals surface area (Å²) in [4.78, 5) is 0. The first-order valence-electron chi connectivity index (χ1n) is 20.7. The lowest BCUT2D eigenvalue weighted by Gasteiger charge is -2.21. The molecule has 0 nitrogen and oxygen atoms in total. The van der Waals surface area contributed by atoms with Gasteiger partial charge < -0.3 is 0 Å². The van der Waals surface area contributed by atoms with Crippen LogP contribution in [0.2, 0.25) is 0 Å². The van der Waals surface area contributed by atoms with Crippen LogP contribution in [0.3, 0.4) is 0 Å². The molecular weight excluding hydrogens is 697 g/mol. The van der Waals surface area contributed by atoms with Crippen molar-refractivity contribution in [2.45, 2.75) is 52.4 Å². The maximum atomic E-state index is 2.42. The summed E-state index contributed by atoms with van der Waals surface area (Å²) in [6.45, 7) is 13.7. The van der Waals surface area contributed by atoms with E-state index in [1.807, 2.05) is 0 Å². The van der Waals surface area contributed by atoms with Crippen LogP contribution in [-0.4, -0.2) is 0 Å². The van der Waals surface area contributed by atoms with E-state index >= 15 is 0 Å². The lowest BCUT2D eigenvalue weighted by Crippen LogP contribution is -2.10. The highest BCUT2D eigenvalue weighted by molar-refractivity contribution is 6.23. The maximum Gasteiger partial charge on any atom is -0.00262 e. The Labute approximate surface area is 342 Å². The van der Waals surface area contributed by atoms with Crippen LogP contribution in [0.15, 0.2) is 182 Å². The van der Waals surface area contributed by atoms with Crippen molar-refractivity contribution in [2.24, 2.45) is 0 Å². The standard InChI is InChI=1S/C58H48/c1-57(2,3)43-31-27-38(28-32-43)53-45-15-7-11-19-49(45)55(50-20-12-8-16-46(50)53)40-25-23-37-24-26-41(36-42(37)35-40)56-51-21-13-9-17-47(51)54(48-18-10-14-22-52(48)56)39-29-33-44(34-30-39)58(4,5)6/h7-36H,1-6H3. The van der Waals surface area contributed by atoms with E-state index in [2.05, 4.69) is 224 Å². The van der Waals surface area contributed by atoms with E-state index in [1.54, 1.807) is 0 Å². The average Bonchev–Trinajstić information content (AvgIpc) is 3.23. The minimum absolute atomic E-state index is 0.102. The Bertz CT molecular complexity index is 2870. The molecule has 10 rings (SSSR count). The lowest BCUT2D eigenvalue weighted by atomic mass is 9.83. The van der Waals surface area contributed by atoms with E-state index in [4.69, 9.17) is 0 Å². The lowest BCUT2D eigenvalue weighted by molar-refractivity contribution is 0.590. The van der Waals surface area contributed by atoms with Gasteiger partial charge in [-0.3, -0.25) is 0 Å². The molecule has 0 aliphatic carbocycles. The average molecular weight is 745 g/mol. The van der Waals surface area contributed by atoms with E-state index in [1.165, 1.54) is 109 Å². The zero-order valence-corrected chi connectivity index (χ0v) is 34.3. The molecule has 0 saturated heterocycles. The summed E-state index contributed by atoms with van der Waals surface area (Å²) >= 11 is 0. The van der Waals surface area contributed by atoms with E-state index in [0.29, 0.717) is 0 Å².